The van der Waals surface area contributed by atoms with E-state index in [0.717, 1.165) is 88.7 Å². The average Bonchev–Trinajstić information content (AvgIpc) is 1.63. The lowest BCUT2D eigenvalue weighted by Gasteiger charge is -2.23. The van der Waals surface area contributed by atoms with Gasteiger partial charge in [-0.05, 0) is 75.1 Å². The maximum absolute atomic E-state index is 12.7. The maximum atomic E-state index is 12.7. The molecule has 0 radical (unpaired) electrons. The van der Waals surface area contributed by atoms with Gasteiger partial charge >= 0.3 is 22.8 Å². The van der Waals surface area contributed by atoms with E-state index in [1.165, 1.54) is 28.7 Å². The Morgan fingerprint density at radius 2 is 0.922 bits per heavy atom. The molecule has 0 aromatic carbocycles. The zero-order chi connectivity index (χ0) is 75.4. The number of hydrogen-bond acceptors (Lipinski definition) is 32. The molecular weight excluding hydrogens is 1560 g/mol. The Kier molecular flexibility index (Phi) is 25.4. The Bertz CT molecular complexity index is 4340. The van der Waals surface area contributed by atoms with Crippen LogP contribution in [0.5, 0.6) is 0 Å². The third kappa shape index (κ3) is 18.1. The van der Waals surface area contributed by atoms with Crippen LogP contribution in [0.15, 0.2) is 18.7 Å². The first-order chi connectivity index (χ1) is 48.1. The highest BCUT2D eigenvalue weighted by Gasteiger charge is 2.54. The second-order valence-corrected chi connectivity index (χ2v) is 40.0. The van der Waals surface area contributed by atoms with Gasteiger partial charge in [0.1, 0.15) is 60.1 Å². The van der Waals surface area contributed by atoms with E-state index in [0.29, 0.717) is 33.9 Å². The monoisotopic (exact) mass is 1640 g/mol. The summed E-state index contributed by atoms with van der Waals surface area (Å²) >= 11 is 18.4. The van der Waals surface area contributed by atoms with Gasteiger partial charge in [0.25, 0.3) is 0 Å². The lowest BCUT2D eigenvalue weighted by atomic mass is 10.1. The van der Waals surface area contributed by atoms with Gasteiger partial charge in [-0.3, -0.25) is 22.8 Å². The van der Waals surface area contributed by atoms with Crippen LogP contribution in [0.2, 0.25) is 15.7 Å². The van der Waals surface area contributed by atoms with Crippen molar-refractivity contribution in [2.24, 2.45) is 0 Å². The van der Waals surface area contributed by atoms with Crippen molar-refractivity contribution in [3.8, 4) is 0 Å². The molecule has 16 atom stereocenters. The maximum Gasteiger partial charge on any atom is 0.346 e. The standard InChI is InChI=1S/C18H27ClN5O9PS.C18H27ClN5O8PS.C17H25ClN5O9PS/c1-8(25)17(34(28,29)30)35(31,32)6-10-12(26)13(27)16(33-10)24-7-20-11-14(21-9-4-2-3-5-9)22-18(19)23-15(11)24;1-2-11(33(27,28)29)34(30,31)7-10-13(25)14(26)17(32-10)24-8-20-12-15(21-9-5-3-4-6-9)22-18(19)23-16(12)24;18-11-5-9(19-8-3-1-2-4-8)13-16(20-11)23(22-21-13)17-15(26)14(25)10(32-17)7-34(30,31)12(6-24)33(27,28)29/h7-10,12-13,16-17,25-27H,2-6H2,1H3,(H,21,22,23)(H2,28,29,30);8-11,13-14,17,25-26H,2-7H2,1H3,(H,21,22,23)(H2,27,28,29);5,8,10,12,14-15,17,24-26H,1-4,6-7H2,(H,19,20)(H2,27,28,29)/t8?,10-,12-,13-,16-,17?;10-,11?,13-,14-,17-;10-,12?,14-,15-,17-/m111/s1. The number of sulfone groups is 3. The number of imidazole rings is 2. The van der Waals surface area contributed by atoms with E-state index in [1.807, 2.05) is 0 Å². The third-order valence-corrected chi connectivity index (χ3v) is 33.2. The summed E-state index contributed by atoms with van der Waals surface area (Å²) in [5, 5.41) is 99.9. The first kappa shape index (κ1) is 81.3. The Morgan fingerprint density at radius 1 is 0.534 bits per heavy atom. The summed E-state index contributed by atoms with van der Waals surface area (Å²) in [5.74, 6) is -2.20. The molecule has 4 unspecified atom stereocenters. The third-order valence-electron chi connectivity index (χ3n) is 18.5. The summed E-state index contributed by atoms with van der Waals surface area (Å²) < 4.78 is 131. The lowest BCUT2D eigenvalue weighted by molar-refractivity contribution is -0.0375. The van der Waals surface area contributed by atoms with Crippen LogP contribution in [0, 0.1) is 0 Å². The molecule has 9 heterocycles. The molecule has 41 nitrogen and oxygen atoms in total. The summed E-state index contributed by atoms with van der Waals surface area (Å²) in [5.41, 5.74) is 2.11. The van der Waals surface area contributed by atoms with Crippen LogP contribution < -0.4 is 16.0 Å². The van der Waals surface area contributed by atoms with Crippen LogP contribution in [0.4, 0.5) is 17.3 Å². The smallest absolute Gasteiger partial charge is 0.346 e. The highest BCUT2D eigenvalue weighted by Crippen LogP contribution is 2.50. The van der Waals surface area contributed by atoms with Gasteiger partial charge < -0.3 is 100 Å². The first-order valence-corrected chi connectivity index (χ1v) is 43.6. The molecule has 103 heavy (non-hydrogen) atoms. The molecule has 0 bridgehead atoms. The number of ether oxygens (including phenoxy) is 3. The van der Waals surface area contributed by atoms with Crippen molar-refractivity contribution in [1.82, 2.24) is 59.0 Å². The summed E-state index contributed by atoms with van der Waals surface area (Å²) in [4.78, 5) is 78.9. The Morgan fingerprint density at radius 3 is 1.31 bits per heavy atom. The Hall–Kier alpha value is -4.22. The summed E-state index contributed by atoms with van der Waals surface area (Å²) in [6.07, 6.45) is -5.79. The molecule has 6 aromatic rings. The molecule has 3 saturated heterocycles. The van der Waals surface area contributed by atoms with Crippen molar-refractivity contribution in [2.75, 3.05) is 39.8 Å². The highest BCUT2D eigenvalue weighted by atomic mass is 35.5. The Balaban J connectivity index is 0.000000166. The number of nitrogens with one attached hydrogen (secondary N) is 3. The van der Waals surface area contributed by atoms with Crippen LogP contribution in [0.3, 0.4) is 0 Å². The molecular formula is C53H79Cl3N15O26P3S3. The van der Waals surface area contributed by atoms with Crippen molar-refractivity contribution in [3.05, 3.63) is 34.4 Å². The van der Waals surface area contributed by atoms with Crippen molar-refractivity contribution < 1.29 is 123 Å². The average molecular weight is 1640 g/mol. The van der Waals surface area contributed by atoms with E-state index in [2.05, 4.69) is 61.2 Å². The number of aliphatic hydroxyl groups excluding tert-OH is 8. The number of pyridine rings is 1. The predicted molar refractivity (Wildman–Crippen MR) is 364 cm³/mol. The van der Waals surface area contributed by atoms with E-state index in [9.17, 15) is 109 Å². The van der Waals surface area contributed by atoms with Gasteiger partial charge in [-0.1, -0.05) is 62.3 Å². The first-order valence-electron chi connectivity index (χ1n) is 32.3. The predicted octanol–water partition coefficient (Wildman–Crippen LogP) is -0.101. The minimum absolute atomic E-state index is 0.0747. The number of rotatable bonds is 24. The SMILES string of the molecule is CC(O)C(P(=O)(O)O)S(=O)(=O)C[C@H]1O[C@@H](n2cnc3c(NC4CCCC4)nc(Cl)nc32)[C@H](O)[C@@H]1O.CCC(P(=O)(O)O)S(=O)(=O)C[C@H]1O[C@@H](n2cnc3c(NC4CCCC4)nc(Cl)nc32)[C@H](O)[C@@H]1O.O=P(O)(O)C(CO)S(=O)(=O)C[C@H]1O[C@@H](n2nnc3c(NC4CCCC4)cc(Cl)nc32)[C@H](O)[C@@H]1O. The van der Waals surface area contributed by atoms with Crippen molar-refractivity contribution in [1.29, 1.82) is 0 Å². The van der Waals surface area contributed by atoms with Gasteiger partial charge in [-0.25, -0.2) is 40.2 Å². The molecule has 6 fully saturated rings. The lowest BCUT2D eigenvalue weighted by Crippen LogP contribution is -2.41. The quantitative estimate of drug-likeness (QED) is 0.0214. The summed E-state index contributed by atoms with van der Waals surface area (Å²) in [7, 11) is -29.1. The van der Waals surface area contributed by atoms with E-state index >= 15 is 0 Å². The molecule has 0 amide bonds. The Labute approximate surface area is 601 Å². The van der Waals surface area contributed by atoms with Gasteiger partial charge in [0.2, 0.25) is 10.6 Å². The zero-order valence-corrected chi connectivity index (χ0v) is 61.8. The molecule has 17 N–H and O–H groups in total. The highest BCUT2D eigenvalue weighted by molar-refractivity contribution is 7.99. The minimum Gasteiger partial charge on any atom is -0.394 e. The zero-order valence-electron chi connectivity index (χ0n) is 54.4. The van der Waals surface area contributed by atoms with E-state index in [4.69, 9.17) is 49.0 Å². The second-order valence-electron chi connectivity index (χ2n) is 25.9. The molecule has 576 valence electrons. The number of nitrogens with zero attached hydrogens (tertiary/aromatic N) is 12. The summed E-state index contributed by atoms with van der Waals surface area (Å²) in [6, 6.07) is 2.22. The fraction of sp³-hybridized carbons (Fsp3) is 0.717. The molecule has 3 aliphatic heterocycles. The number of fused-ring (bicyclic) bond motifs is 3. The van der Waals surface area contributed by atoms with Crippen LogP contribution in [-0.2, 0) is 57.4 Å². The largest absolute Gasteiger partial charge is 0.394 e. The van der Waals surface area contributed by atoms with Gasteiger partial charge in [-0.15, -0.1) is 5.10 Å². The van der Waals surface area contributed by atoms with Gasteiger partial charge in [-0.2, -0.15) is 24.6 Å². The minimum atomic E-state index is -5.26. The fourth-order valence-electron chi connectivity index (χ4n) is 13.5. The van der Waals surface area contributed by atoms with Gasteiger partial charge in [0.15, 0.2) is 108 Å². The van der Waals surface area contributed by atoms with E-state index in [1.54, 1.807) is 6.07 Å². The van der Waals surface area contributed by atoms with Gasteiger partial charge in [0, 0.05) is 24.2 Å². The number of halogens is 3. The topological polar surface area (TPSA) is 631 Å². The normalized spacial score (nSPS) is 27.6. The second kappa shape index (κ2) is 32.1. The van der Waals surface area contributed by atoms with Crippen LogP contribution in [-0.4, -0.2) is 272 Å². The molecule has 50 heteroatoms. The van der Waals surface area contributed by atoms with Crippen LogP contribution >= 0.6 is 57.6 Å². The molecule has 0 spiro atoms. The number of anilines is 3. The molecule has 3 aliphatic carbocycles. The summed E-state index contributed by atoms with van der Waals surface area (Å²) in [6.45, 7) is 0.945. The number of hydrogen-bond donors (Lipinski definition) is 17. The van der Waals surface area contributed by atoms with E-state index < -0.39 is 171 Å². The molecule has 12 rings (SSSR count). The number of aromatic nitrogens is 12. The van der Waals surface area contributed by atoms with E-state index in [-0.39, 0.29) is 57.2 Å². The van der Waals surface area contributed by atoms with Crippen molar-refractivity contribution in [2.45, 2.75) is 210 Å². The van der Waals surface area contributed by atoms with Crippen molar-refractivity contribution >= 4 is 138 Å². The van der Waals surface area contributed by atoms with Crippen LogP contribution in [0.1, 0.15) is 116 Å². The van der Waals surface area contributed by atoms with Crippen molar-refractivity contribution in [3.63, 3.8) is 0 Å². The number of aliphatic hydroxyl groups is 8. The molecule has 3 saturated carbocycles. The molecule has 6 aliphatic rings. The molecule has 6 aromatic heterocycles. The van der Waals surface area contributed by atoms with Crippen LogP contribution in [0.25, 0.3) is 33.5 Å². The van der Waals surface area contributed by atoms with Gasteiger partial charge in [0.05, 0.1) is 48.3 Å². The fourth-order valence-corrected chi connectivity index (χ4v) is 25.3.